The molecular weight excluding hydrogens is 310 g/mol. The van der Waals surface area contributed by atoms with Crippen LogP contribution in [0.3, 0.4) is 0 Å². The molecule has 1 aromatic carbocycles. The third-order valence-electron chi connectivity index (χ3n) is 3.27. The van der Waals surface area contributed by atoms with Gasteiger partial charge in [0.1, 0.15) is 6.61 Å². The number of nitrogens with zero attached hydrogens (tertiary/aromatic N) is 3. The molecule has 21 heavy (non-hydrogen) atoms. The minimum Gasteiger partial charge on any atom is -0.388 e. The van der Waals surface area contributed by atoms with E-state index < -0.39 is 0 Å². The Morgan fingerprint density at radius 1 is 1.43 bits per heavy atom. The summed E-state index contributed by atoms with van der Waals surface area (Å²) >= 11 is 7.24. The molecule has 3 rings (SSSR count). The number of ketones is 1. The Labute approximate surface area is 131 Å². The summed E-state index contributed by atoms with van der Waals surface area (Å²) < 4.78 is 1.94. The summed E-state index contributed by atoms with van der Waals surface area (Å²) in [5.41, 5.74) is 0.592. The summed E-state index contributed by atoms with van der Waals surface area (Å²) in [6, 6.07) is 7.28. The van der Waals surface area contributed by atoms with Crippen molar-refractivity contribution in [3.05, 3.63) is 40.7 Å². The highest BCUT2D eigenvalue weighted by Gasteiger charge is 2.29. The lowest BCUT2D eigenvalue weighted by Gasteiger charge is -2.06. The number of hydrogen-bond acceptors (Lipinski definition) is 5. The quantitative estimate of drug-likeness (QED) is 0.654. The Hall–Kier alpha value is -1.37. The number of aliphatic hydroxyl groups excluding tert-OH is 1. The minimum absolute atomic E-state index is 0.00149. The Morgan fingerprint density at radius 3 is 2.90 bits per heavy atom. The fraction of sp³-hybridized carbons (Fsp3) is 0.357. The van der Waals surface area contributed by atoms with Crippen molar-refractivity contribution in [3.8, 4) is 0 Å². The largest absolute Gasteiger partial charge is 0.388 e. The number of thioether (sulfide) groups is 1. The van der Waals surface area contributed by atoms with Crippen LogP contribution in [0.4, 0.5) is 0 Å². The second kappa shape index (κ2) is 6.17. The zero-order valence-electron chi connectivity index (χ0n) is 11.2. The van der Waals surface area contributed by atoms with Gasteiger partial charge in [0.15, 0.2) is 16.8 Å². The molecule has 1 saturated carbocycles. The Bertz CT molecular complexity index is 670. The first-order valence-electron chi connectivity index (χ1n) is 6.65. The molecular formula is C14H14ClN3O2S. The van der Waals surface area contributed by atoms with Crippen molar-refractivity contribution < 1.29 is 9.90 Å². The molecule has 1 aliphatic rings. The van der Waals surface area contributed by atoms with Gasteiger partial charge in [-0.15, -0.1) is 10.2 Å². The van der Waals surface area contributed by atoms with E-state index in [2.05, 4.69) is 10.2 Å². The molecule has 0 bridgehead atoms. The lowest BCUT2D eigenvalue weighted by atomic mass is 10.1. The number of Topliss-reactive ketones (excluding diaryl/α,β-unsaturated/α-hetero) is 1. The van der Waals surface area contributed by atoms with E-state index in [0.717, 1.165) is 12.8 Å². The number of aromatic nitrogens is 3. The fourth-order valence-corrected chi connectivity index (χ4v) is 3.20. The number of benzene rings is 1. The smallest absolute Gasteiger partial charge is 0.191 e. The maximum absolute atomic E-state index is 12.2. The maximum Gasteiger partial charge on any atom is 0.191 e. The van der Waals surface area contributed by atoms with Gasteiger partial charge in [-0.25, -0.2) is 0 Å². The standard InChI is InChI=1S/C14H14ClN3O2S/c15-10-3-1-2-9(6-10)12(20)8-21-14-17-16-13(7-19)18(14)11-4-5-11/h1-3,6,11,19H,4-5,7-8H2. The molecule has 0 saturated heterocycles. The molecule has 7 heteroatoms. The topological polar surface area (TPSA) is 68.0 Å². The lowest BCUT2D eigenvalue weighted by molar-refractivity contribution is 0.102. The molecule has 0 unspecified atom stereocenters. The SMILES string of the molecule is O=C(CSc1nnc(CO)n1C1CC1)c1cccc(Cl)c1. The van der Waals surface area contributed by atoms with E-state index in [1.165, 1.54) is 11.8 Å². The van der Waals surface area contributed by atoms with Crippen LogP contribution >= 0.6 is 23.4 Å². The third kappa shape index (κ3) is 3.28. The molecule has 5 nitrogen and oxygen atoms in total. The van der Waals surface area contributed by atoms with E-state index in [0.29, 0.717) is 27.6 Å². The molecule has 0 radical (unpaired) electrons. The van der Waals surface area contributed by atoms with E-state index in [1.807, 2.05) is 4.57 Å². The van der Waals surface area contributed by atoms with Gasteiger partial charge in [-0.2, -0.15) is 0 Å². The van der Waals surface area contributed by atoms with Crippen molar-refractivity contribution in [2.45, 2.75) is 30.6 Å². The normalized spacial score (nSPS) is 14.4. The number of carbonyl (C=O) groups is 1. The molecule has 1 heterocycles. The molecule has 0 amide bonds. The Balaban J connectivity index is 1.70. The van der Waals surface area contributed by atoms with Crippen molar-refractivity contribution in [3.63, 3.8) is 0 Å². The summed E-state index contributed by atoms with van der Waals surface area (Å²) in [6.07, 6.45) is 2.14. The third-order valence-corrected chi connectivity index (χ3v) is 4.45. The average molecular weight is 324 g/mol. The lowest BCUT2D eigenvalue weighted by Crippen LogP contribution is -2.06. The van der Waals surface area contributed by atoms with Crippen LogP contribution in [0.25, 0.3) is 0 Å². The number of aliphatic hydroxyl groups is 1. The van der Waals surface area contributed by atoms with Gasteiger partial charge in [-0.3, -0.25) is 4.79 Å². The molecule has 1 N–H and O–H groups in total. The molecule has 0 spiro atoms. The zero-order chi connectivity index (χ0) is 14.8. The predicted octanol–water partition coefficient (Wildman–Crippen LogP) is 2.73. The van der Waals surface area contributed by atoms with Crippen LogP contribution in [0.2, 0.25) is 5.02 Å². The van der Waals surface area contributed by atoms with Crippen LogP contribution in [-0.2, 0) is 6.61 Å². The molecule has 0 atom stereocenters. The molecule has 1 fully saturated rings. The van der Waals surface area contributed by atoms with Crippen LogP contribution in [0, 0.1) is 0 Å². The van der Waals surface area contributed by atoms with Crippen LogP contribution in [0.1, 0.15) is 35.1 Å². The number of hydrogen-bond donors (Lipinski definition) is 1. The number of halogens is 1. The summed E-state index contributed by atoms with van der Waals surface area (Å²) in [5, 5.41) is 18.6. The molecule has 1 aliphatic carbocycles. The van der Waals surface area contributed by atoms with Crippen LogP contribution in [-0.4, -0.2) is 31.4 Å². The average Bonchev–Trinajstić information content (AvgIpc) is 3.24. The van der Waals surface area contributed by atoms with Gasteiger partial charge in [0.2, 0.25) is 0 Å². The van der Waals surface area contributed by atoms with Gasteiger partial charge in [-0.05, 0) is 25.0 Å². The molecule has 0 aliphatic heterocycles. The van der Waals surface area contributed by atoms with Crippen LogP contribution in [0.5, 0.6) is 0 Å². The van der Waals surface area contributed by atoms with Gasteiger partial charge in [0, 0.05) is 16.6 Å². The summed E-state index contributed by atoms with van der Waals surface area (Å²) in [4.78, 5) is 12.2. The maximum atomic E-state index is 12.2. The van der Waals surface area contributed by atoms with Gasteiger partial charge in [0.25, 0.3) is 0 Å². The fourth-order valence-electron chi connectivity index (χ4n) is 2.09. The van der Waals surface area contributed by atoms with Gasteiger partial charge >= 0.3 is 0 Å². The highest BCUT2D eigenvalue weighted by molar-refractivity contribution is 7.99. The van der Waals surface area contributed by atoms with E-state index >= 15 is 0 Å². The van der Waals surface area contributed by atoms with Crippen molar-refractivity contribution in [1.29, 1.82) is 0 Å². The van der Waals surface area contributed by atoms with E-state index in [9.17, 15) is 9.90 Å². The molecule has 2 aromatic rings. The summed E-state index contributed by atoms with van der Waals surface area (Å²) in [7, 11) is 0. The minimum atomic E-state index is -0.133. The first-order chi connectivity index (χ1) is 10.2. The molecule has 110 valence electrons. The van der Waals surface area contributed by atoms with E-state index in [-0.39, 0.29) is 18.1 Å². The van der Waals surface area contributed by atoms with Gasteiger partial charge in [-0.1, -0.05) is 35.5 Å². The summed E-state index contributed by atoms with van der Waals surface area (Å²) in [5.74, 6) is 0.838. The number of rotatable bonds is 6. The second-order valence-electron chi connectivity index (χ2n) is 4.88. The summed E-state index contributed by atoms with van der Waals surface area (Å²) in [6.45, 7) is -0.133. The monoisotopic (exact) mass is 323 g/mol. The Morgan fingerprint density at radius 2 is 2.24 bits per heavy atom. The predicted molar refractivity (Wildman–Crippen MR) is 80.7 cm³/mol. The van der Waals surface area contributed by atoms with E-state index in [1.54, 1.807) is 24.3 Å². The first kappa shape index (κ1) is 14.6. The first-order valence-corrected chi connectivity index (χ1v) is 8.01. The zero-order valence-corrected chi connectivity index (χ0v) is 12.8. The Kier molecular flexibility index (Phi) is 4.28. The number of carbonyl (C=O) groups excluding carboxylic acids is 1. The highest BCUT2D eigenvalue weighted by Crippen LogP contribution is 2.38. The van der Waals surface area contributed by atoms with Crippen molar-refractivity contribution in [2.75, 3.05) is 5.75 Å². The van der Waals surface area contributed by atoms with Crippen LogP contribution in [0.15, 0.2) is 29.4 Å². The van der Waals surface area contributed by atoms with Gasteiger partial charge in [0.05, 0.1) is 5.75 Å². The van der Waals surface area contributed by atoms with Crippen LogP contribution < -0.4 is 0 Å². The van der Waals surface area contributed by atoms with Crippen molar-refractivity contribution >= 4 is 29.1 Å². The van der Waals surface area contributed by atoms with Crippen molar-refractivity contribution in [2.24, 2.45) is 0 Å². The van der Waals surface area contributed by atoms with E-state index in [4.69, 9.17) is 11.6 Å². The second-order valence-corrected chi connectivity index (χ2v) is 6.26. The highest BCUT2D eigenvalue weighted by atomic mass is 35.5. The van der Waals surface area contributed by atoms with Gasteiger partial charge < -0.3 is 9.67 Å². The van der Waals surface area contributed by atoms with Crippen molar-refractivity contribution in [1.82, 2.24) is 14.8 Å². The molecule has 1 aromatic heterocycles.